The van der Waals surface area contributed by atoms with Gasteiger partial charge in [-0.3, -0.25) is 4.79 Å². The van der Waals surface area contributed by atoms with Crippen molar-refractivity contribution in [1.29, 1.82) is 0 Å². The summed E-state index contributed by atoms with van der Waals surface area (Å²) in [6.07, 6.45) is 4.71. The van der Waals surface area contributed by atoms with Crippen molar-refractivity contribution >= 4 is 11.6 Å². The van der Waals surface area contributed by atoms with E-state index in [4.69, 9.17) is 4.52 Å². The van der Waals surface area contributed by atoms with E-state index in [1.165, 1.54) is 12.8 Å². The number of hydrogen-bond acceptors (Lipinski definition) is 4. The highest BCUT2D eigenvalue weighted by molar-refractivity contribution is 6.04. The molecular formula is C20H19N3O2. The van der Waals surface area contributed by atoms with Gasteiger partial charge < -0.3 is 9.84 Å². The van der Waals surface area contributed by atoms with Crippen LogP contribution in [0.25, 0.3) is 11.4 Å². The van der Waals surface area contributed by atoms with Crippen LogP contribution in [-0.4, -0.2) is 16.0 Å². The maximum Gasteiger partial charge on any atom is 0.255 e. The van der Waals surface area contributed by atoms with E-state index in [0.29, 0.717) is 17.3 Å². The van der Waals surface area contributed by atoms with Gasteiger partial charge in [0.25, 0.3) is 5.91 Å². The molecule has 2 aromatic carbocycles. The predicted molar refractivity (Wildman–Crippen MR) is 95.3 cm³/mol. The first-order valence-corrected chi connectivity index (χ1v) is 8.60. The second-order valence-corrected chi connectivity index (χ2v) is 6.34. The Morgan fingerprint density at radius 2 is 1.72 bits per heavy atom. The Morgan fingerprint density at radius 3 is 2.44 bits per heavy atom. The third-order valence-corrected chi connectivity index (χ3v) is 4.58. The predicted octanol–water partition coefficient (Wildman–Crippen LogP) is 4.65. The second kappa shape index (κ2) is 6.89. The molecule has 5 nitrogen and oxygen atoms in total. The number of para-hydroxylation sites is 1. The summed E-state index contributed by atoms with van der Waals surface area (Å²) in [5.41, 5.74) is 2.22. The quantitative estimate of drug-likeness (QED) is 0.755. The zero-order valence-electron chi connectivity index (χ0n) is 13.8. The van der Waals surface area contributed by atoms with Gasteiger partial charge in [0.2, 0.25) is 11.7 Å². The van der Waals surface area contributed by atoms with Crippen LogP contribution in [0.3, 0.4) is 0 Å². The summed E-state index contributed by atoms with van der Waals surface area (Å²) in [6, 6.07) is 16.7. The fourth-order valence-electron chi connectivity index (χ4n) is 3.19. The minimum absolute atomic E-state index is 0.141. The van der Waals surface area contributed by atoms with Gasteiger partial charge in [-0.2, -0.15) is 4.98 Å². The summed E-state index contributed by atoms with van der Waals surface area (Å²) < 4.78 is 5.42. The topological polar surface area (TPSA) is 68.0 Å². The number of aromatic nitrogens is 2. The average Bonchev–Trinajstić information content (AvgIpc) is 3.34. The summed E-state index contributed by atoms with van der Waals surface area (Å²) in [7, 11) is 0. The Bertz CT molecular complexity index is 850. The van der Waals surface area contributed by atoms with Crippen molar-refractivity contribution in [2.24, 2.45) is 0 Å². The zero-order chi connectivity index (χ0) is 17.1. The lowest BCUT2D eigenvalue weighted by Gasteiger charge is -2.05. The average molecular weight is 333 g/mol. The highest BCUT2D eigenvalue weighted by Gasteiger charge is 2.23. The molecule has 0 saturated heterocycles. The van der Waals surface area contributed by atoms with Gasteiger partial charge in [0.15, 0.2) is 0 Å². The summed E-state index contributed by atoms with van der Waals surface area (Å²) >= 11 is 0. The van der Waals surface area contributed by atoms with Crippen molar-refractivity contribution in [3.63, 3.8) is 0 Å². The number of benzene rings is 2. The van der Waals surface area contributed by atoms with Crippen LogP contribution >= 0.6 is 0 Å². The van der Waals surface area contributed by atoms with Crippen LogP contribution in [0.5, 0.6) is 0 Å². The van der Waals surface area contributed by atoms with E-state index in [-0.39, 0.29) is 5.91 Å². The number of hydrogen-bond donors (Lipinski definition) is 1. The molecular weight excluding hydrogens is 314 g/mol. The van der Waals surface area contributed by atoms with Crippen LogP contribution in [-0.2, 0) is 0 Å². The van der Waals surface area contributed by atoms with Crippen LogP contribution < -0.4 is 5.32 Å². The van der Waals surface area contributed by atoms with Crippen LogP contribution in [0.15, 0.2) is 59.1 Å². The second-order valence-electron chi connectivity index (χ2n) is 6.34. The molecule has 126 valence electrons. The molecule has 1 N–H and O–H groups in total. The smallest absolute Gasteiger partial charge is 0.255 e. The van der Waals surface area contributed by atoms with Gasteiger partial charge in [-0.15, -0.1) is 0 Å². The summed E-state index contributed by atoms with van der Waals surface area (Å²) in [5.74, 6) is 1.57. The molecule has 1 saturated carbocycles. The highest BCUT2D eigenvalue weighted by Crippen LogP contribution is 2.33. The normalized spacial score (nSPS) is 14.6. The molecule has 0 radical (unpaired) electrons. The fraction of sp³-hybridized carbons (Fsp3) is 0.250. The molecule has 1 aromatic heterocycles. The molecule has 4 rings (SSSR count). The van der Waals surface area contributed by atoms with Gasteiger partial charge in [0, 0.05) is 22.7 Å². The lowest BCUT2D eigenvalue weighted by Crippen LogP contribution is -2.11. The van der Waals surface area contributed by atoms with Gasteiger partial charge in [-0.1, -0.05) is 48.3 Å². The van der Waals surface area contributed by atoms with Crippen LogP contribution in [0, 0.1) is 0 Å². The van der Waals surface area contributed by atoms with E-state index in [0.717, 1.165) is 30.0 Å². The minimum Gasteiger partial charge on any atom is -0.339 e. The monoisotopic (exact) mass is 333 g/mol. The lowest BCUT2D eigenvalue weighted by atomic mass is 10.1. The van der Waals surface area contributed by atoms with E-state index >= 15 is 0 Å². The fourth-order valence-corrected chi connectivity index (χ4v) is 3.19. The molecule has 0 spiro atoms. The van der Waals surface area contributed by atoms with Crippen molar-refractivity contribution in [3.05, 3.63) is 66.1 Å². The molecule has 1 amide bonds. The molecule has 5 heteroatoms. The van der Waals surface area contributed by atoms with E-state index in [2.05, 4.69) is 15.5 Å². The van der Waals surface area contributed by atoms with Gasteiger partial charge in [0.05, 0.1) is 0 Å². The molecule has 0 bridgehead atoms. The Labute approximate surface area is 146 Å². The standard InChI is InChI=1S/C20H19N3O2/c24-19(21-17-8-2-1-3-9-17)15-12-10-14(11-13-15)18-22-20(25-23-18)16-6-4-5-7-16/h1-3,8-13,16H,4-7H2,(H,21,24). The van der Waals surface area contributed by atoms with Gasteiger partial charge in [-0.05, 0) is 37.1 Å². The zero-order valence-corrected chi connectivity index (χ0v) is 13.8. The summed E-state index contributed by atoms with van der Waals surface area (Å²) in [6.45, 7) is 0. The Kier molecular flexibility index (Phi) is 4.29. The number of carbonyl (C=O) groups excluding carboxylic acids is 1. The number of rotatable bonds is 4. The van der Waals surface area contributed by atoms with E-state index < -0.39 is 0 Å². The minimum atomic E-state index is -0.141. The molecule has 3 aromatic rings. The van der Waals surface area contributed by atoms with Crippen molar-refractivity contribution in [1.82, 2.24) is 10.1 Å². The van der Waals surface area contributed by atoms with Crippen LogP contribution in [0.2, 0.25) is 0 Å². The summed E-state index contributed by atoms with van der Waals surface area (Å²) in [4.78, 5) is 16.8. The van der Waals surface area contributed by atoms with E-state index in [1.54, 1.807) is 12.1 Å². The maximum atomic E-state index is 12.3. The van der Waals surface area contributed by atoms with Crippen molar-refractivity contribution < 1.29 is 9.32 Å². The van der Waals surface area contributed by atoms with Crippen LogP contribution in [0.1, 0.15) is 47.8 Å². The molecule has 1 fully saturated rings. The molecule has 0 unspecified atom stereocenters. The number of carbonyl (C=O) groups is 1. The molecule has 1 aliphatic carbocycles. The molecule has 0 aliphatic heterocycles. The Hall–Kier alpha value is -2.95. The number of nitrogens with one attached hydrogen (secondary N) is 1. The van der Waals surface area contributed by atoms with E-state index in [9.17, 15) is 4.79 Å². The number of amides is 1. The van der Waals surface area contributed by atoms with Crippen LogP contribution in [0.4, 0.5) is 5.69 Å². The van der Waals surface area contributed by atoms with Crippen molar-refractivity contribution in [2.75, 3.05) is 5.32 Å². The van der Waals surface area contributed by atoms with Crippen molar-refractivity contribution in [3.8, 4) is 11.4 Å². The number of nitrogens with zero attached hydrogens (tertiary/aromatic N) is 2. The first kappa shape index (κ1) is 15.6. The largest absolute Gasteiger partial charge is 0.339 e. The van der Waals surface area contributed by atoms with Crippen molar-refractivity contribution in [2.45, 2.75) is 31.6 Å². The highest BCUT2D eigenvalue weighted by atomic mass is 16.5. The first-order valence-electron chi connectivity index (χ1n) is 8.60. The lowest BCUT2D eigenvalue weighted by molar-refractivity contribution is 0.102. The Balaban J connectivity index is 1.47. The molecule has 25 heavy (non-hydrogen) atoms. The molecule has 1 heterocycles. The first-order chi connectivity index (χ1) is 12.3. The maximum absolute atomic E-state index is 12.3. The SMILES string of the molecule is O=C(Nc1ccccc1)c1ccc(-c2noc(C3CCCC3)n2)cc1. The molecule has 0 atom stereocenters. The summed E-state index contributed by atoms with van der Waals surface area (Å²) in [5, 5.41) is 6.96. The molecule has 1 aliphatic rings. The Morgan fingerprint density at radius 1 is 1.00 bits per heavy atom. The third kappa shape index (κ3) is 3.45. The van der Waals surface area contributed by atoms with E-state index in [1.807, 2.05) is 42.5 Å². The number of anilines is 1. The van der Waals surface area contributed by atoms with Gasteiger partial charge in [-0.25, -0.2) is 0 Å². The van der Waals surface area contributed by atoms with Gasteiger partial charge in [0.1, 0.15) is 0 Å². The third-order valence-electron chi connectivity index (χ3n) is 4.58. The van der Waals surface area contributed by atoms with Gasteiger partial charge >= 0.3 is 0 Å².